The zero-order valence-corrected chi connectivity index (χ0v) is 15.8. The molecule has 1 N–H and O–H groups in total. The van der Waals surface area contributed by atoms with Gasteiger partial charge in [-0.15, -0.1) is 0 Å². The lowest BCUT2D eigenvalue weighted by Gasteiger charge is -2.23. The first kappa shape index (κ1) is 35.1. The molecule has 212 valence electrons. The van der Waals surface area contributed by atoms with Gasteiger partial charge in [0.05, 0.1) is 0 Å². The minimum atomic E-state index is -6.04. The Kier molecular flexibility index (Phi) is 11.8. The topological polar surface area (TPSA) is 55.8 Å². The Hall–Kier alpha value is -2.03. The van der Waals surface area contributed by atoms with Gasteiger partial charge >= 0.3 is 42.5 Å². The van der Waals surface area contributed by atoms with Gasteiger partial charge in [0.2, 0.25) is 0 Å². The van der Waals surface area contributed by atoms with Gasteiger partial charge in [0.25, 0.3) is 18.5 Å². The first-order chi connectivity index (χ1) is 15.1. The van der Waals surface area contributed by atoms with Gasteiger partial charge in [-0.3, -0.25) is 0 Å². The Balaban J connectivity index is 0. The monoisotopic (exact) mass is 572 g/mol. The second kappa shape index (κ2) is 11.8. The van der Waals surface area contributed by atoms with Crippen LogP contribution in [-0.2, 0) is 9.47 Å². The molecule has 0 aromatic carbocycles. The smallest absolute Gasteiger partial charge is 0.428 e. The van der Waals surface area contributed by atoms with E-state index in [2.05, 4.69) is 9.47 Å². The van der Waals surface area contributed by atoms with E-state index in [4.69, 9.17) is 5.11 Å². The highest BCUT2D eigenvalue weighted by molar-refractivity contribution is 5.60. The van der Waals surface area contributed by atoms with E-state index in [0.717, 1.165) is 0 Å². The van der Waals surface area contributed by atoms with Crippen molar-refractivity contribution < 1.29 is 98.4 Å². The fourth-order valence-corrected chi connectivity index (χ4v) is 1.30. The maximum Gasteiger partial charge on any atom is 0.508 e. The number of aliphatic hydroxyl groups excluding tert-OH is 1. The van der Waals surface area contributed by atoms with Crippen molar-refractivity contribution in [3.63, 3.8) is 0 Å². The SMILES string of the molecule is O=C(OCC(F)(F)C(F)C(F)(F)F)OCC(F)(F)C(F)C(F)(F)F.OCC(F)(F)C(F)C(F)(F)F. The van der Waals surface area contributed by atoms with E-state index in [0.29, 0.717) is 0 Å². The van der Waals surface area contributed by atoms with Crippen LogP contribution in [-0.4, -0.2) is 85.9 Å². The quantitative estimate of drug-likeness (QED) is 0.299. The zero-order valence-electron chi connectivity index (χ0n) is 15.8. The lowest BCUT2D eigenvalue weighted by Crippen LogP contribution is -2.46. The molecule has 0 amide bonds. The van der Waals surface area contributed by atoms with Gasteiger partial charge in [-0.05, 0) is 0 Å². The van der Waals surface area contributed by atoms with E-state index in [1.54, 1.807) is 0 Å². The Morgan fingerprint density at radius 1 is 0.543 bits per heavy atom. The van der Waals surface area contributed by atoms with Gasteiger partial charge in [0, 0.05) is 0 Å². The third-order valence-corrected chi connectivity index (χ3v) is 2.95. The predicted molar refractivity (Wildman–Crippen MR) is 72.1 cm³/mol. The number of carbonyl (C=O) groups is 1. The largest absolute Gasteiger partial charge is 0.508 e. The normalized spacial score (nSPS) is 16.5. The average molecular weight is 572 g/mol. The fraction of sp³-hybridized carbons (Fsp3) is 0.923. The van der Waals surface area contributed by atoms with Crippen molar-refractivity contribution in [1.29, 1.82) is 0 Å². The lowest BCUT2D eigenvalue weighted by atomic mass is 10.2. The highest BCUT2D eigenvalue weighted by atomic mass is 19.4. The number of hydrogen-bond donors (Lipinski definition) is 1. The third kappa shape index (κ3) is 12.0. The molecule has 22 heteroatoms. The van der Waals surface area contributed by atoms with E-state index in [1.165, 1.54) is 0 Å². The zero-order chi connectivity index (χ0) is 28.8. The summed E-state index contributed by atoms with van der Waals surface area (Å²) in [6, 6.07) is 0. The third-order valence-electron chi connectivity index (χ3n) is 2.95. The molecule has 0 spiro atoms. The number of hydrogen-bond acceptors (Lipinski definition) is 4. The molecule has 0 fully saturated rings. The summed E-state index contributed by atoms with van der Waals surface area (Å²) < 4.78 is 220. The van der Waals surface area contributed by atoms with Crippen LogP contribution in [0.2, 0.25) is 0 Å². The Morgan fingerprint density at radius 3 is 0.943 bits per heavy atom. The van der Waals surface area contributed by atoms with Crippen LogP contribution in [0.4, 0.5) is 83.8 Å². The molecule has 3 unspecified atom stereocenters. The molecule has 0 aliphatic rings. The number of ether oxygens (including phenoxy) is 2. The van der Waals surface area contributed by atoms with Gasteiger partial charge in [-0.2, -0.15) is 57.1 Å². The highest BCUT2D eigenvalue weighted by Crippen LogP contribution is 2.37. The van der Waals surface area contributed by atoms with Crippen LogP contribution in [0, 0.1) is 0 Å². The summed E-state index contributed by atoms with van der Waals surface area (Å²) in [4.78, 5) is 10.6. The molecule has 0 radical (unpaired) electrons. The molecule has 0 aliphatic carbocycles. The van der Waals surface area contributed by atoms with Crippen molar-refractivity contribution >= 4 is 6.16 Å². The van der Waals surface area contributed by atoms with Crippen LogP contribution in [0.25, 0.3) is 0 Å². The van der Waals surface area contributed by atoms with Gasteiger partial charge in [0.1, 0.15) is 6.61 Å². The molecular weight excluding hydrogens is 562 g/mol. The molecule has 0 aromatic rings. The summed E-state index contributed by atoms with van der Waals surface area (Å²) in [6.07, 6.45) is -34.2. The van der Waals surface area contributed by atoms with Crippen molar-refractivity contribution in [3.8, 4) is 0 Å². The summed E-state index contributed by atoms with van der Waals surface area (Å²) >= 11 is 0. The number of aliphatic hydroxyl groups is 1. The number of carbonyl (C=O) groups excluding carboxylic acids is 1. The molecule has 0 rings (SSSR count). The van der Waals surface area contributed by atoms with Gasteiger partial charge < -0.3 is 14.6 Å². The minimum Gasteiger partial charge on any atom is -0.428 e. The van der Waals surface area contributed by atoms with E-state index >= 15 is 0 Å². The molecule has 4 nitrogen and oxygen atoms in total. The van der Waals surface area contributed by atoms with Crippen molar-refractivity contribution in [2.75, 3.05) is 19.8 Å². The van der Waals surface area contributed by atoms with Crippen LogP contribution in [0.15, 0.2) is 0 Å². The number of alkyl halides is 18. The van der Waals surface area contributed by atoms with Crippen LogP contribution in [0.5, 0.6) is 0 Å². The van der Waals surface area contributed by atoms with Gasteiger partial charge in [-0.25, -0.2) is 26.7 Å². The molecular formula is C13H10F18O4. The van der Waals surface area contributed by atoms with Crippen LogP contribution >= 0.6 is 0 Å². The Labute approximate surface area is 180 Å². The maximum atomic E-state index is 12.6. The average Bonchev–Trinajstić information content (AvgIpc) is 2.67. The first-order valence-corrected chi connectivity index (χ1v) is 7.79. The standard InChI is InChI=1S/C9H6F12O3.C4H4F6O/c10-3(8(16,17)18)6(12,13)1-23-5(22)24-2-7(14,15)4(11)9(19,20)21;5-2(4(8,9)10)3(6,7)1-11/h3-4H,1-2H2;2,11H,1H2. The summed E-state index contributed by atoms with van der Waals surface area (Å²) in [5, 5.41) is 7.64. The van der Waals surface area contributed by atoms with Crippen LogP contribution in [0.3, 0.4) is 0 Å². The van der Waals surface area contributed by atoms with Crippen molar-refractivity contribution in [2.45, 2.75) is 54.8 Å². The van der Waals surface area contributed by atoms with Gasteiger partial charge in [0.15, 0.2) is 13.2 Å². The van der Waals surface area contributed by atoms with Crippen molar-refractivity contribution in [2.24, 2.45) is 0 Å². The van der Waals surface area contributed by atoms with Crippen molar-refractivity contribution in [3.05, 3.63) is 0 Å². The Morgan fingerprint density at radius 2 is 0.771 bits per heavy atom. The number of halogens is 18. The summed E-state index contributed by atoms with van der Waals surface area (Å²) in [5.41, 5.74) is 0. The molecule has 0 saturated heterocycles. The molecule has 35 heavy (non-hydrogen) atoms. The van der Waals surface area contributed by atoms with Crippen LogP contribution in [0.1, 0.15) is 0 Å². The molecule has 0 heterocycles. The molecule has 0 saturated carbocycles. The minimum absolute atomic E-state index is 2.16. The number of rotatable bonds is 8. The second-order valence-corrected chi connectivity index (χ2v) is 5.98. The molecule has 3 atom stereocenters. The second-order valence-electron chi connectivity index (χ2n) is 5.98. The molecule has 0 aromatic heterocycles. The van der Waals surface area contributed by atoms with Crippen LogP contribution < -0.4 is 0 Å². The first-order valence-electron chi connectivity index (χ1n) is 7.79. The highest BCUT2D eigenvalue weighted by Gasteiger charge is 2.59. The Bertz CT molecular complexity index is 616. The van der Waals surface area contributed by atoms with E-state index in [9.17, 15) is 83.8 Å². The summed E-state index contributed by atoms with van der Waals surface area (Å²) in [6.45, 7) is -7.39. The van der Waals surface area contributed by atoms with Gasteiger partial charge in [-0.1, -0.05) is 0 Å². The summed E-state index contributed by atoms with van der Waals surface area (Å²) in [5.74, 6) is -15.4. The fourth-order valence-electron chi connectivity index (χ4n) is 1.30. The van der Waals surface area contributed by atoms with Crippen molar-refractivity contribution in [1.82, 2.24) is 0 Å². The molecule has 0 aliphatic heterocycles. The summed E-state index contributed by atoms with van der Waals surface area (Å²) in [7, 11) is 0. The van der Waals surface area contributed by atoms with E-state index in [1.807, 2.05) is 0 Å². The van der Waals surface area contributed by atoms with E-state index < -0.39 is 80.8 Å². The lowest BCUT2D eigenvalue weighted by molar-refractivity contribution is -0.257. The maximum absolute atomic E-state index is 12.6. The predicted octanol–water partition coefficient (Wildman–Crippen LogP) is 5.73. The van der Waals surface area contributed by atoms with E-state index in [-0.39, 0.29) is 0 Å². The molecule has 0 bridgehead atoms.